The van der Waals surface area contributed by atoms with Crippen LogP contribution in [0, 0.1) is 0 Å². The van der Waals surface area contributed by atoms with Gasteiger partial charge in [0.2, 0.25) is 0 Å². The topological polar surface area (TPSA) is 228 Å². The number of carbonyl (C=O) groups is 2. The van der Waals surface area contributed by atoms with Crippen LogP contribution in [0.4, 0.5) is 0 Å². The third-order valence-corrected chi connectivity index (χ3v) is 10.5. The Morgan fingerprint density at radius 1 is 0.673 bits per heavy atom. The van der Waals surface area contributed by atoms with E-state index in [1.54, 1.807) is 42.5 Å². The Balaban J connectivity index is 0.00000673. The third kappa shape index (κ3) is 12.1. The SMILES string of the molecule is O=C1NCCc2cc(Br)c(O)c(c2)Oc2ccc(cc2Br)CCNC(=O)/C(=N/O)Cc2ccc(OS(=O)(=O)[O-])c(c2)Oc2c(Br)cc(cc2Br)C/C1=N\O.[Na+]. The third-order valence-electron chi connectivity index (χ3n) is 7.68. The molecule has 55 heavy (non-hydrogen) atoms. The Labute approximate surface area is 370 Å². The minimum absolute atomic E-state index is 0. The Bertz CT molecular complexity index is 2270. The van der Waals surface area contributed by atoms with Crippen molar-refractivity contribution in [2.24, 2.45) is 10.3 Å². The largest absolute Gasteiger partial charge is 1.00 e. The average Bonchev–Trinajstić information content (AvgIpc) is 3.10. The van der Waals surface area contributed by atoms with Gasteiger partial charge in [0.15, 0.2) is 28.7 Å². The van der Waals surface area contributed by atoms with Crippen LogP contribution >= 0.6 is 63.7 Å². The molecule has 0 fully saturated rings. The first kappa shape index (κ1) is 44.5. The summed E-state index contributed by atoms with van der Waals surface area (Å²) in [4.78, 5) is 26.0. The van der Waals surface area contributed by atoms with Crippen LogP contribution in [-0.4, -0.2) is 64.8 Å². The molecule has 4 heterocycles. The zero-order valence-corrected chi connectivity index (χ0v) is 37.6. The smallest absolute Gasteiger partial charge is 0.716 e. The quantitative estimate of drug-likeness (QED) is 0.0641. The standard InChI is InChI=1S/C34H28Br4N4O11S.Na/c35-21-9-17-1-3-27(21)51-30-16-19(10-22(36)31(30)43)6-8-40-34(45)26(42-47)14-20-11-23(37)32(24(38)12-20)52-29-15-18(2-4-28(29)53-54(48,49)50)13-25(41-46)33(44)39-7-5-17;/h1-4,9-12,15-16,43,46-47H,5-8,13-14H2,(H,39,44)(H,40,45)(H,48,49,50);/q;+1/p-1/b41-25+,42-26+;. The van der Waals surface area contributed by atoms with Crippen LogP contribution in [0.5, 0.6) is 34.5 Å². The van der Waals surface area contributed by atoms with Crippen molar-refractivity contribution < 1.29 is 81.3 Å². The summed E-state index contributed by atoms with van der Waals surface area (Å²) in [5.41, 5.74) is 1.82. The maximum absolute atomic E-state index is 13.0. The molecule has 4 aromatic carbocycles. The zero-order valence-electron chi connectivity index (χ0n) is 28.4. The van der Waals surface area contributed by atoms with E-state index in [1.165, 1.54) is 12.1 Å². The maximum atomic E-state index is 13.0. The first-order valence-corrected chi connectivity index (χ1v) is 20.0. The number of ether oxygens (including phenoxy) is 2. The molecule has 0 spiro atoms. The molecule has 2 amide bonds. The number of benzene rings is 4. The molecule has 4 aliphatic heterocycles. The van der Waals surface area contributed by atoms with Crippen LogP contribution in [0.3, 0.4) is 0 Å². The monoisotopic (exact) mass is 1040 g/mol. The first-order chi connectivity index (χ1) is 25.6. The molecule has 8 bridgehead atoms. The van der Waals surface area contributed by atoms with E-state index in [0.717, 1.165) is 11.6 Å². The number of nitrogens with zero attached hydrogens (tertiary/aromatic N) is 2. The molecule has 0 unspecified atom stereocenters. The van der Waals surface area contributed by atoms with Gasteiger partial charge in [-0.15, -0.1) is 0 Å². The molecule has 21 heteroatoms. The summed E-state index contributed by atoms with van der Waals surface area (Å²) >= 11 is 13.6. The molecule has 5 N–H and O–H groups in total. The predicted molar refractivity (Wildman–Crippen MR) is 208 cm³/mol. The number of carbonyl (C=O) groups excluding carboxylic acids is 2. The van der Waals surface area contributed by atoms with Gasteiger partial charge in [-0.25, -0.2) is 8.42 Å². The summed E-state index contributed by atoms with van der Waals surface area (Å²) < 4.78 is 52.8. The van der Waals surface area contributed by atoms with Crippen LogP contribution in [0.2, 0.25) is 0 Å². The van der Waals surface area contributed by atoms with Crippen LogP contribution in [0.1, 0.15) is 22.3 Å². The number of phenols is 1. The van der Waals surface area contributed by atoms with Gasteiger partial charge in [-0.1, -0.05) is 22.4 Å². The van der Waals surface area contributed by atoms with E-state index < -0.39 is 28.0 Å². The Hall–Kier alpha value is -3.21. The Morgan fingerprint density at radius 3 is 1.78 bits per heavy atom. The molecule has 0 aliphatic carbocycles. The van der Waals surface area contributed by atoms with Crippen LogP contribution in [0.15, 0.2) is 88.9 Å². The number of halogens is 4. The summed E-state index contributed by atoms with van der Waals surface area (Å²) in [6.07, 6.45) is 0.329. The maximum Gasteiger partial charge on any atom is 1.00 e. The minimum atomic E-state index is -5.24. The van der Waals surface area contributed by atoms with Crippen molar-refractivity contribution in [2.75, 3.05) is 13.1 Å². The molecule has 15 nitrogen and oxygen atoms in total. The second kappa shape index (κ2) is 19.8. The summed E-state index contributed by atoms with van der Waals surface area (Å²) in [7, 11) is -5.24. The number of amides is 2. The van der Waals surface area contributed by atoms with Crippen molar-refractivity contribution in [2.45, 2.75) is 25.7 Å². The number of phenolic OH excluding ortho intramolecular Hbond substituents is 1. The van der Waals surface area contributed by atoms with Crippen molar-refractivity contribution in [1.29, 1.82) is 0 Å². The fraction of sp³-hybridized carbons (Fsp3) is 0.176. The molecule has 0 saturated carbocycles. The van der Waals surface area contributed by atoms with Crippen LogP contribution in [0.25, 0.3) is 0 Å². The van der Waals surface area contributed by atoms with E-state index in [2.05, 4.69) is 88.8 Å². The van der Waals surface area contributed by atoms with Crippen molar-refractivity contribution in [3.8, 4) is 34.5 Å². The molecule has 284 valence electrons. The molecule has 8 rings (SSSR count). The van der Waals surface area contributed by atoms with E-state index in [1.807, 2.05) is 0 Å². The molecule has 0 aromatic heterocycles. The fourth-order valence-corrected chi connectivity index (χ4v) is 7.94. The van der Waals surface area contributed by atoms with E-state index in [-0.39, 0.29) is 89.9 Å². The molecule has 0 atom stereocenters. The summed E-state index contributed by atoms with van der Waals surface area (Å²) in [5, 5.41) is 41.9. The number of nitrogens with one attached hydrogen (secondary N) is 2. The average molecular weight is 1040 g/mol. The second-order valence-electron chi connectivity index (χ2n) is 11.5. The van der Waals surface area contributed by atoms with E-state index in [9.17, 15) is 38.1 Å². The predicted octanol–water partition coefficient (Wildman–Crippen LogP) is 3.65. The first-order valence-electron chi connectivity index (χ1n) is 15.5. The van der Waals surface area contributed by atoms with Gasteiger partial charge in [-0.3, -0.25) is 9.59 Å². The van der Waals surface area contributed by atoms with Gasteiger partial charge in [0.25, 0.3) is 22.2 Å². The van der Waals surface area contributed by atoms with Crippen molar-refractivity contribution >= 4 is 97.4 Å². The van der Waals surface area contributed by atoms with Gasteiger partial charge in [-0.05, 0) is 147 Å². The zero-order chi connectivity index (χ0) is 39.2. The van der Waals surface area contributed by atoms with Crippen molar-refractivity contribution in [1.82, 2.24) is 10.6 Å². The van der Waals surface area contributed by atoms with Crippen LogP contribution < -0.4 is 53.8 Å². The molecule has 4 aliphatic rings. The van der Waals surface area contributed by atoms with E-state index in [0.29, 0.717) is 53.2 Å². The molecule has 0 saturated heterocycles. The fourth-order valence-electron chi connectivity index (χ4n) is 5.15. The Morgan fingerprint density at radius 2 is 1.20 bits per heavy atom. The summed E-state index contributed by atoms with van der Waals surface area (Å²) in [6.45, 7) is 0.292. The number of hydrogen-bond acceptors (Lipinski definition) is 13. The minimum Gasteiger partial charge on any atom is -0.716 e. The number of aromatic hydroxyl groups is 1. The van der Waals surface area contributed by atoms with Crippen molar-refractivity contribution in [3.63, 3.8) is 0 Å². The number of rotatable bonds is 2. The van der Waals surface area contributed by atoms with Crippen molar-refractivity contribution in [3.05, 3.63) is 101 Å². The second-order valence-corrected chi connectivity index (χ2v) is 15.9. The van der Waals surface area contributed by atoms with Gasteiger partial charge in [0, 0.05) is 25.9 Å². The molecule has 4 aromatic rings. The Kier molecular flexibility index (Phi) is 16.0. The number of hydrogen-bond donors (Lipinski definition) is 5. The van der Waals surface area contributed by atoms with E-state index >= 15 is 0 Å². The molecular weight excluding hydrogens is 1020 g/mol. The van der Waals surface area contributed by atoms with Gasteiger partial charge in [0.1, 0.15) is 17.2 Å². The van der Waals surface area contributed by atoms with Gasteiger partial charge in [-0.2, -0.15) is 0 Å². The van der Waals surface area contributed by atoms with E-state index in [4.69, 9.17) is 9.47 Å². The summed E-state index contributed by atoms with van der Waals surface area (Å²) in [6, 6.07) is 15.5. The normalized spacial score (nSPS) is 15.9. The summed E-state index contributed by atoms with van der Waals surface area (Å²) in [5.74, 6) is -1.53. The molecule has 0 radical (unpaired) electrons. The molecular formula is C34H27Br4N4NaO11S. The van der Waals surface area contributed by atoms with Gasteiger partial charge in [0.05, 0.1) is 17.9 Å². The van der Waals surface area contributed by atoms with Gasteiger partial charge < -0.3 is 44.4 Å². The number of oxime groups is 2. The van der Waals surface area contributed by atoms with Gasteiger partial charge >= 0.3 is 29.6 Å². The van der Waals surface area contributed by atoms with Crippen LogP contribution in [-0.2, 0) is 45.7 Å².